The smallest absolute Gasteiger partial charge is 0.250 e. The number of thioether (sulfide) groups is 2. The lowest BCUT2D eigenvalue weighted by Crippen LogP contribution is -2.19. The van der Waals surface area contributed by atoms with Crippen LogP contribution in [0.15, 0.2) is 81.3 Å². The van der Waals surface area contributed by atoms with E-state index in [1.165, 1.54) is 29.7 Å². The van der Waals surface area contributed by atoms with Crippen LogP contribution in [0.2, 0.25) is 5.02 Å². The third-order valence-electron chi connectivity index (χ3n) is 3.80. The quantitative estimate of drug-likeness (QED) is 0.244. The van der Waals surface area contributed by atoms with Crippen LogP contribution in [0, 0.1) is 0 Å². The van der Waals surface area contributed by atoms with Crippen molar-refractivity contribution >= 4 is 58.8 Å². The first kappa shape index (κ1) is 23.0. The molecule has 2 aromatic carbocycles. The van der Waals surface area contributed by atoms with Gasteiger partial charge in [0, 0.05) is 16.5 Å². The molecule has 0 unspecified atom stereocenters. The second kappa shape index (κ2) is 12.2. The van der Waals surface area contributed by atoms with Crippen molar-refractivity contribution < 1.29 is 14.0 Å². The summed E-state index contributed by atoms with van der Waals surface area (Å²) >= 11 is 8.62. The second-order valence-electron chi connectivity index (χ2n) is 6.27. The van der Waals surface area contributed by atoms with Gasteiger partial charge in [-0.05, 0) is 42.0 Å². The van der Waals surface area contributed by atoms with Crippen LogP contribution < -0.4 is 10.7 Å². The molecule has 2 N–H and O–H groups in total. The monoisotopic (exact) mass is 473 g/mol. The van der Waals surface area contributed by atoms with E-state index in [4.69, 9.17) is 16.0 Å². The number of hydrogen-bond acceptors (Lipinski definition) is 6. The topological polar surface area (TPSA) is 83.7 Å². The Bertz CT molecular complexity index is 1020. The van der Waals surface area contributed by atoms with Gasteiger partial charge in [-0.1, -0.05) is 53.7 Å². The molecule has 9 heteroatoms. The SMILES string of the molecule is O=C(CSCc1ccc(Cl)cc1)NN=Cc1ccc(SCC(=O)Nc2ccccc2)o1. The molecule has 0 saturated carbocycles. The Morgan fingerprint density at radius 2 is 1.74 bits per heavy atom. The van der Waals surface area contributed by atoms with Gasteiger partial charge in [0.25, 0.3) is 0 Å². The summed E-state index contributed by atoms with van der Waals surface area (Å²) in [7, 11) is 0. The van der Waals surface area contributed by atoms with Crippen molar-refractivity contribution in [2.24, 2.45) is 5.10 Å². The van der Waals surface area contributed by atoms with Crippen molar-refractivity contribution in [3.05, 3.63) is 83.1 Å². The lowest BCUT2D eigenvalue weighted by Gasteiger charge is -2.03. The zero-order valence-corrected chi connectivity index (χ0v) is 18.8. The fourth-order valence-electron chi connectivity index (χ4n) is 2.38. The Hall–Kier alpha value is -2.68. The predicted molar refractivity (Wildman–Crippen MR) is 128 cm³/mol. The van der Waals surface area contributed by atoms with E-state index in [9.17, 15) is 9.59 Å². The normalized spacial score (nSPS) is 10.9. The maximum atomic E-state index is 12.0. The number of amides is 2. The van der Waals surface area contributed by atoms with Crippen molar-refractivity contribution in [1.29, 1.82) is 0 Å². The number of furan rings is 1. The van der Waals surface area contributed by atoms with Gasteiger partial charge in [0.15, 0.2) is 5.09 Å². The molecule has 160 valence electrons. The maximum absolute atomic E-state index is 12.0. The van der Waals surface area contributed by atoms with Crippen LogP contribution in [-0.2, 0) is 15.3 Å². The van der Waals surface area contributed by atoms with Crippen LogP contribution in [0.1, 0.15) is 11.3 Å². The number of halogens is 1. The highest BCUT2D eigenvalue weighted by Gasteiger charge is 2.07. The van der Waals surface area contributed by atoms with Gasteiger partial charge in [-0.25, -0.2) is 5.43 Å². The number of carbonyl (C=O) groups excluding carboxylic acids is 2. The van der Waals surface area contributed by atoms with E-state index in [1.54, 1.807) is 12.1 Å². The zero-order valence-electron chi connectivity index (χ0n) is 16.4. The number of rotatable bonds is 10. The summed E-state index contributed by atoms with van der Waals surface area (Å²) in [6.07, 6.45) is 1.43. The highest BCUT2D eigenvalue weighted by molar-refractivity contribution is 7.99. The summed E-state index contributed by atoms with van der Waals surface area (Å²) in [6.45, 7) is 0. The molecule has 0 fully saturated rings. The van der Waals surface area contributed by atoms with Gasteiger partial charge in [-0.2, -0.15) is 5.10 Å². The van der Waals surface area contributed by atoms with Crippen LogP contribution in [0.4, 0.5) is 5.69 Å². The molecule has 0 aliphatic rings. The molecule has 0 atom stereocenters. The molecule has 1 heterocycles. The van der Waals surface area contributed by atoms with Gasteiger partial charge in [-0.3, -0.25) is 9.59 Å². The molecule has 3 aromatic rings. The van der Waals surface area contributed by atoms with Crippen molar-refractivity contribution in [3.63, 3.8) is 0 Å². The number of anilines is 1. The molecule has 31 heavy (non-hydrogen) atoms. The lowest BCUT2D eigenvalue weighted by atomic mass is 10.2. The molecule has 0 aliphatic heterocycles. The van der Waals surface area contributed by atoms with Gasteiger partial charge in [0.2, 0.25) is 11.8 Å². The summed E-state index contributed by atoms with van der Waals surface area (Å²) < 4.78 is 5.58. The lowest BCUT2D eigenvalue weighted by molar-refractivity contribution is -0.118. The number of hydrazone groups is 1. The summed E-state index contributed by atoms with van der Waals surface area (Å²) in [6, 6.07) is 20.3. The van der Waals surface area contributed by atoms with Gasteiger partial charge >= 0.3 is 0 Å². The van der Waals surface area contributed by atoms with Crippen molar-refractivity contribution in [2.75, 3.05) is 16.8 Å². The molecular weight excluding hydrogens is 454 g/mol. The Morgan fingerprint density at radius 1 is 0.968 bits per heavy atom. The first-order valence-electron chi connectivity index (χ1n) is 9.30. The van der Waals surface area contributed by atoms with Gasteiger partial charge in [-0.15, -0.1) is 11.8 Å². The van der Waals surface area contributed by atoms with Crippen LogP contribution in [0.25, 0.3) is 0 Å². The summed E-state index contributed by atoms with van der Waals surface area (Å²) in [5.74, 6) is 1.39. The van der Waals surface area contributed by atoms with E-state index < -0.39 is 0 Å². The minimum absolute atomic E-state index is 0.119. The van der Waals surface area contributed by atoms with Crippen molar-refractivity contribution in [1.82, 2.24) is 5.43 Å². The van der Waals surface area contributed by atoms with E-state index in [-0.39, 0.29) is 23.3 Å². The van der Waals surface area contributed by atoms with Crippen molar-refractivity contribution in [2.45, 2.75) is 10.8 Å². The van der Waals surface area contributed by atoms with E-state index in [1.807, 2.05) is 54.6 Å². The van der Waals surface area contributed by atoms with E-state index in [0.717, 1.165) is 11.3 Å². The third kappa shape index (κ3) is 8.53. The number of hydrogen-bond donors (Lipinski definition) is 2. The number of nitrogens with one attached hydrogen (secondary N) is 2. The first-order valence-corrected chi connectivity index (χ1v) is 11.8. The average molecular weight is 474 g/mol. The predicted octanol–water partition coefficient (Wildman–Crippen LogP) is 5.05. The first-order chi connectivity index (χ1) is 15.1. The number of para-hydroxylation sites is 1. The van der Waals surface area contributed by atoms with E-state index in [0.29, 0.717) is 21.6 Å². The summed E-state index contributed by atoms with van der Waals surface area (Å²) in [5, 5.41) is 8.00. The molecule has 0 spiro atoms. The standard InChI is InChI=1S/C22H20ClN3O3S2/c23-17-8-6-16(7-9-17)13-30-14-21(28)26-24-12-19-10-11-22(29-19)31-15-20(27)25-18-4-2-1-3-5-18/h1-12H,13-15H2,(H,25,27)(H,26,28). The van der Waals surface area contributed by atoms with E-state index >= 15 is 0 Å². The Labute approximate surface area is 193 Å². The Morgan fingerprint density at radius 3 is 2.52 bits per heavy atom. The van der Waals surface area contributed by atoms with Gasteiger partial charge in [0.05, 0.1) is 17.7 Å². The molecule has 0 radical (unpaired) electrons. The zero-order chi connectivity index (χ0) is 21.9. The van der Waals surface area contributed by atoms with Crippen LogP contribution in [0.5, 0.6) is 0 Å². The number of nitrogens with zero attached hydrogens (tertiary/aromatic N) is 1. The average Bonchev–Trinajstić information content (AvgIpc) is 3.22. The van der Waals surface area contributed by atoms with Gasteiger partial charge in [0.1, 0.15) is 5.76 Å². The third-order valence-corrected chi connectivity index (χ3v) is 5.97. The molecular formula is C22H20ClN3O3S2. The molecule has 3 rings (SSSR count). The minimum Gasteiger partial charge on any atom is -0.449 e. The molecule has 0 aliphatic carbocycles. The largest absolute Gasteiger partial charge is 0.449 e. The van der Waals surface area contributed by atoms with Crippen molar-refractivity contribution in [3.8, 4) is 0 Å². The Balaban J connectivity index is 1.34. The maximum Gasteiger partial charge on any atom is 0.250 e. The van der Waals surface area contributed by atoms with Crippen LogP contribution in [-0.4, -0.2) is 29.5 Å². The molecule has 1 aromatic heterocycles. The highest BCUT2D eigenvalue weighted by atomic mass is 35.5. The molecule has 0 bridgehead atoms. The fraction of sp³-hybridized carbons (Fsp3) is 0.136. The number of benzene rings is 2. The number of carbonyl (C=O) groups is 2. The summed E-state index contributed by atoms with van der Waals surface area (Å²) in [4.78, 5) is 23.8. The second-order valence-corrected chi connectivity index (χ2v) is 8.67. The molecule has 6 nitrogen and oxygen atoms in total. The Kier molecular flexibility index (Phi) is 9.08. The van der Waals surface area contributed by atoms with E-state index in [2.05, 4.69) is 15.8 Å². The van der Waals surface area contributed by atoms with Gasteiger partial charge < -0.3 is 9.73 Å². The molecule has 2 amide bonds. The van der Waals surface area contributed by atoms with Crippen LogP contribution in [0.3, 0.4) is 0 Å². The fourth-order valence-corrected chi connectivity index (χ4v) is 3.95. The molecule has 0 saturated heterocycles. The summed E-state index contributed by atoms with van der Waals surface area (Å²) in [5.41, 5.74) is 4.32. The highest BCUT2D eigenvalue weighted by Crippen LogP contribution is 2.20. The van der Waals surface area contributed by atoms with Crippen LogP contribution >= 0.6 is 35.1 Å². The minimum atomic E-state index is -0.200.